The number of nitrogens with two attached hydrogens (primary N) is 1. The summed E-state index contributed by atoms with van der Waals surface area (Å²) in [5.74, 6) is -0.892. The molecule has 1 amide bonds. The number of ether oxygens (including phenoxy) is 1. The fourth-order valence-corrected chi connectivity index (χ4v) is 4.20. The van der Waals surface area contributed by atoms with Crippen LogP contribution in [-0.2, 0) is 26.0 Å². The van der Waals surface area contributed by atoms with E-state index in [-0.39, 0.29) is 28.5 Å². The van der Waals surface area contributed by atoms with E-state index in [9.17, 15) is 18.0 Å². The average Bonchev–Trinajstić information content (AvgIpc) is 3.00. The molecule has 3 N–H and O–H groups in total. The summed E-state index contributed by atoms with van der Waals surface area (Å²) in [6, 6.07) is 13.1. The molecule has 0 radical (unpaired) electrons. The van der Waals surface area contributed by atoms with Crippen LogP contribution in [0.15, 0.2) is 59.6 Å². The van der Waals surface area contributed by atoms with E-state index >= 15 is 0 Å². The first-order valence-corrected chi connectivity index (χ1v) is 11.3. The van der Waals surface area contributed by atoms with Gasteiger partial charge in [-0.05, 0) is 49.2 Å². The Bertz CT molecular complexity index is 1310. The second-order valence-corrected chi connectivity index (χ2v) is 8.67. The van der Waals surface area contributed by atoms with Crippen molar-refractivity contribution in [3.05, 3.63) is 71.6 Å². The number of hydrogen-bond donors (Lipinski definition) is 2. The summed E-state index contributed by atoms with van der Waals surface area (Å²) < 4.78 is 28.2. The number of aromatic amines is 1. The molecule has 4 rings (SSSR count). The van der Waals surface area contributed by atoms with Crippen LogP contribution in [0.4, 0.5) is 0 Å². The Kier molecular flexibility index (Phi) is 5.38. The van der Waals surface area contributed by atoms with Crippen molar-refractivity contribution < 1.29 is 22.7 Å². The van der Waals surface area contributed by atoms with Gasteiger partial charge in [0, 0.05) is 29.2 Å². The molecule has 0 bridgehead atoms. The maximum atomic E-state index is 13.1. The first kappa shape index (κ1) is 20.8. The number of amides is 1. The van der Waals surface area contributed by atoms with Crippen LogP contribution in [-0.4, -0.2) is 43.3 Å². The Morgan fingerprint density at radius 2 is 1.84 bits per heavy atom. The highest BCUT2D eigenvalue weighted by molar-refractivity contribution is 7.89. The number of esters is 1. The van der Waals surface area contributed by atoms with Crippen molar-refractivity contribution in [3.8, 4) is 0 Å². The van der Waals surface area contributed by atoms with Crippen LogP contribution in [0.5, 0.6) is 0 Å². The van der Waals surface area contributed by atoms with Crippen LogP contribution in [0.25, 0.3) is 16.5 Å². The number of fused-ring (bicyclic) bond motifs is 3. The van der Waals surface area contributed by atoms with Crippen LogP contribution in [0.2, 0.25) is 0 Å². The summed E-state index contributed by atoms with van der Waals surface area (Å²) in [4.78, 5) is 30.5. The fourth-order valence-electron chi connectivity index (χ4n) is 3.68. The zero-order chi connectivity index (χ0) is 22.2. The van der Waals surface area contributed by atoms with Crippen molar-refractivity contribution in [2.45, 2.75) is 18.2 Å². The van der Waals surface area contributed by atoms with Crippen LogP contribution >= 0.6 is 0 Å². The number of hydrogen-bond acceptors (Lipinski definition) is 5. The van der Waals surface area contributed by atoms with Gasteiger partial charge in [-0.25, -0.2) is 18.4 Å². The molecule has 31 heavy (non-hydrogen) atoms. The number of H-pyrrole nitrogens is 1. The topological polar surface area (TPSA) is 123 Å². The predicted molar refractivity (Wildman–Crippen MR) is 115 cm³/mol. The van der Waals surface area contributed by atoms with Gasteiger partial charge in [0.2, 0.25) is 10.0 Å². The Hall–Kier alpha value is -3.43. The quantitative estimate of drug-likeness (QED) is 0.605. The summed E-state index contributed by atoms with van der Waals surface area (Å²) in [5, 5.41) is 6.11. The maximum absolute atomic E-state index is 13.1. The monoisotopic (exact) mass is 439 g/mol. The standard InChI is InChI=1S/C22H21N3O5S/c1-2-30-22(27)18-13-25(21(26)14-7-9-15(10-8-14)31(23,28)29)12-11-17-16-5-3-4-6-19(16)24-20(17)18/h3-10,13,24H,2,11-12H2,1H3,(H2,23,28,29). The third-order valence-corrected chi connectivity index (χ3v) is 6.09. The van der Waals surface area contributed by atoms with Crippen LogP contribution in [0.3, 0.4) is 0 Å². The lowest BCUT2D eigenvalue weighted by molar-refractivity contribution is -0.136. The number of aromatic nitrogens is 1. The molecule has 0 aliphatic carbocycles. The van der Waals surface area contributed by atoms with Gasteiger partial charge in [-0.15, -0.1) is 0 Å². The molecule has 0 fully saturated rings. The number of para-hydroxylation sites is 1. The van der Waals surface area contributed by atoms with Gasteiger partial charge in [-0.3, -0.25) is 4.79 Å². The Balaban J connectivity index is 1.74. The number of sulfonamides is 1. The fraction of sp³-hybridized carbons (Fsp3) is 0.182. The molecule has 0 unspecified atom stereocenters. The molecule has 0 saturated carbocycles. The number of rotatable bonds is 4. The number of benzene rings is 2. The van der Waals surface area contributed by atoms with Crippen LogP contribution in [0, 0.1) is 0 Å². The van der Waals surface area contributed by atoms with Gasteiger partial charge < -0.3 is 14.6 Å². The van der Waals surface area contributed by atoms with Crippen molar-refractivity contribution in [1.82, 2.24) is 9.88 Å². The van der Waals surface area contributed by atoms with Gasteiger partial charge in [0.05, 0.1) is 22.8 Å². The van der Waals surface area contributed by atoms with E-state index in [1.807, 2.05) is 24.3 Å². The molecule has 9 heteroatoms. The van der Waals surface area contributed by atoms with Crippen molar-refractivity contribution in [3.63, 3.8) is 0 Å². The highest BCUT2D eigenvalue weighted by Gasteiger charge is 2.27. The normalized spacial score (nSPS) is 14.0. The lowest BCUT2D eigenvalue weighted by Crippen LogP contribution is -2.28. The van der Waals surface area contributed by atoms with E-state index < -0.39 is 16.0 Å². The second kappa shape index (κ2) is 8.01. The summed E-state index contributed by atoms with van der Waals surface area (Å²) in [7, 11) is -3.85. The minimum Gasteiger partial charge on any atom is -0.462 e. The van der Waals surface area contributed by atoms with E-state index in [0.717, 1.165) is 16.5 Å². The van der Waals surface area contributed by atoms with Gasteiger partial charge >= 0.3 is 5.97 Å². The molecule has 1 aliphatic heterocycles. The lowest BCUT2D eigenvalue weighted by Gasteiger charge is -2.18. The van der Waals surface area contributed by atoms with Crippen LogP contribution in [0.1, 0.15) is 28.5 Å². The van der Waals surface area contributed by atoms with E-state index in [0.29, 0.717) is 18.7 Å². The SMILES string of the molecule is CCOC(=O)C1=CN(C(=O)c2ccc(S(N)(=O)=O)cc2)CCc2c1[nH]c1ccccc21. The van der Waals surface area contributed by atoms with Crippen molar-refractivity contribution in [1.29, 1.82) is 0 Å². The van der Waals surface area contributed by atoms with E-state index in [2.05, 4.69) is 4.98 Å². The Labute approximate surface area is 179 Å². The van der Waals surface area contributed by atoms with Gasteiger partial charge in [0.25, 0.3) is 5.91 Å². The van der Waals surface area contributed by atoms with Gasteiger partial charge in [0.1, 0.15) is 0 Å². The number of carbonyl (C=O) groups excluding carboxylic acids is 2. The summed E-state index contributed by atoms with van der Waals surface area (Å²) >= 11 is 0. The highest BCUT2D eigenvalue weighted by Crippen LogP contribution is 2.31. The maximum Gasteiger partial charge on any atom is 0.341 e. The first-order chi connectivity index (χ1) is 14.8. The van der Waals surface area contributed by atoms with Crippen molar-refractivity contribution >= 4 is 38.4 Å². The molecule has 1 aromatic heterocycles. The first-order valence-electron chi connectivity index (χ1n) is 9.72. The molecule has 1 aliphatic rings. The smallest absolute Gasteiger partial charge is 0.341 e. The number of carbonyl (C=O) groups is 2. The van der Waals surface area contributed by atoms with E-state index in [1.54, 1.807) is 6.92 Å². The van der Waals surface area contributed by atoms with Gasteiger partial charge in [0.15, 0.2) is 0 Å². The largest absolute Gasteiger partial charge is 0.462 e. The molecular weight excluding hydrogens is 418 g/mol. The van der Waals surface area contributed by atoms with Gasteiger partial charge in [-0.1, -0.05) is 18.2 Å². The molecule has 2 heterocycles. The minimum absolute atomic E-state index is 0.0795. The Morgan fingerprint density at radius 3 is 2.52 bits per heavy atom. The predicted octanol–water partition coefficient (Wildman–Crippen LogP) is 2.42. The second-order valence-electron chi connectivity index (χ2n) is 7.11. The molecule has 0 atom stereocenters. The molecule has 160 valence electrons. The molecule has 3 aromatic rings. The van der Waals surface area contributed by atoms with Crippen LogP contribution < -0.4 is 5.14 Å². The third-order valence-electron chi connectivity index (χ3n) is 5.16. The summed E-state index contributed by atoms with van der Waals surface area (Å²) in [5.41, 5.74) is 3.03. The van der Waals surface area contributed by atoms with Crippen molar-refractivity contribution in [2.24, 2.45) is 5.14 Å². The lowest BCUT2D eigenvalue weighted by atomic mass is 10.0. The van der Waals surface area contributed by atoms with Gasteiger partial charge in [-0.2, -0.15) is 0 Å². The summed E-state index contributed by atoms with van der Waals surface area (Å²) in [6.45, 7) is 2.26. The number of nitrogens with one attached hydrogen (secondary N) is 1. The molecular formula is C22H21N3O5S. The molecule has 8 nitrogen and oxygen atoms in total. The third kappa shape index (κ3) is 3.97. The molecule has 2 aromatic carbocycles. The minimum atomic E-state index is -3.85. The number of nitrogens with zero attached hydrogens (tertiary/aromatic N) is 1. The zero-order valence-electron chi connectivity index (χ0n) is 16.8. The molecule has 0 saturated heterocycles. The van der Waals surface area contributed by atoms with E-state index in [1.165, 1.54) is 35.4 Å². The number of primary sulfonamides is 1. The molecule has 0 spiro atoms. The average molecular weight is 439 g/mol. The Morgan fingerprint density at radius 1 is 1.13 bits per heavy atom. The highest BCUT2D eigenvalue weighted by atomic mass is 32.2. The zero-order valence-corrected chi connectivity index (χ0v) is 17.6. The summed E-state index contributed by atoms with van der Waals surface area (Å²) in [6.07, 6.45) is 2.02. The van der Waals surface area contributed by atoms with E-state index in [4.69, 9.17) is 9.88 Å². The van der Waals surface area contributed by atoms with Crippen molar-refractivity contribution in [2.75, 3.05) is 13.2 Å².